The van der Waals surface area contributed by atoms with E-state index in [1.807, 2.05) is 41.7 Å². The Morgan fingerprint density at radius 1 is 0.360 bits per heavy atom. The van der Waals surface area contributed by atoms with Gasteiger partial charge in [-0.05, 0) is 58.7 Å². The highest BCUT2D eigenvalue weighted by Crippen LogP contribution is 2.41. The number of nitrogens with zero attached hydrogens (tertiary/aromatic N) is 3. The van der Waals surface area contributed by atoms with Gasteiger partial charge in [0, 0.05) is 47.6 Å². The molecule has 0 N–H and O–H groups in total. The number of rotatable bonds is 5. The van der Waals surface area contributed by atoms with E-state index < -0.39 is 0 Å². The van der Waals surface area contributed by atoms with Crippen molar-refractivity contribution in [3.8, 4) is 56.4 Å². The molecule has 3 aromatic heterocycles. The second kappa shape index (κ2) is 11.6. The Bertz CT molecular complexity index is 2890. The van der Waals surface area contributed by atoms with Gasteiger partial charge in [0.2, 0.25) is 0 Å². The predicted molar refractivity (Wildman–Crippen MR) is 207 cm³/mol. The highest BCUT2D eigenvalue weighted by Gasteiger charge is 2.17. The number of aromatic nitrogens is 3. The largest absolute Gasteiger partial charge is 0.456 e. The fourth-order valence-corrected chi connectivity index (χ4v) is 8.14. The van der Waals surface area contributed by atoms with E-state index in [-0.39, 0.29) is 0 Å². The molecule has 0 saturated carbocycles. The van der Waals surface area contributed by atoms with Crippen molar-refractivity contribution in [1.29, 1.82) is 0 Å². The minimum Gasteiger partial charge on any atom is -0.456 e. The van der Waals surface area contributed by atoms with Crippen LogP contribution in [0.2, 0.25) is 0 Å². The Kier molecular flexibility index (Phi) is 6.64. The van der Waals surface area contributed by atoms with Gasteiger partial charge in [0.05, 0.1) is 0 Å². The van der Waals surface area contributed by atoms with E-state index in [1.165, 1.54) is 25.7 Å². The van der Waals surface area contributed by atoms with Gasteiger partial charge in [-0.25, -0.2) is 15.0 Å². The lowest BCUT2D eigenvalue weighted by Gasteiger charge is -2.11. The third-order valence-electron chi connectivity index (χ3n) is 9.34. The lowest BCUT2D eigenvalue weighted by molar-refractivity contribution is 0.669. The Hall–Kier alpha value is -6.43. The van der Waals surface area contributed by atoms with Gasteiger partial charge in [0.1, 0.15) is 11.2 Å². The second-order valence-electron chi connectivity index (χ2n) is 12.4. The van der Waals surface area contributed by atoms with E-state index >= 15 is 0 Å². The molecule has 3 heterocycles. The molecule has 7 aromatic carbocycles. The molecular weight excluding hydrogens is 631 g/mol. The van der Waals surface area contributed by atoms with Crippen molar-refractivity contribution in [2.75, 3.05) is 0 Å². The van der Waals surface area contributed by atoms with Gasteiger partial charge in [0.15, 0.2) is 17.5 Å². The molecule has 0 fully saturated rings. The summed E-state index contributed by atoms with van der Waals surface area (Å²) in [5, 5.41) is 4.72. The molecule has 50 heavy (non-hydrogen) atoms. The summed E-state index contributed by atoms with van der Waals surface area (Å²) in [5.41, 5.74) is 8.95. The topological polar surface area (TPSA) is 51.8 Å². The Morgan fingerprint density at radius 3 is 1.72 bits per heavy atom. The highest BCUT2D eigenvalue weighted by atomic mass is 32.1. The third kappa shape index (κ3) is 4.87. The van der Waals surface area contributed by atoms with Gasteiger partial charge in [-0.15, -0.1) is 11.3 Å². The van der Waals surface area contributed by atoms with Crippen LogP contribution in [-0.4, -0.2) is 15.0 Å². The minimum absolute atomic E-state index is 0.592. The van der Waals surface area contributed by atoms with E-state index in [4.69, 9.17) is 19.4 Å². The molecule has 0 amide bonds. The van der Waals surface area contributed by atoms with E-state index in [2.05, 4.69) is 133 Å². The fraction of sp³-hybridized carbons (Fsp3) is 0. The van der Waals surface area contributed by atoms with Crippen LogP contribution in [0.15, 0.2) is 168 Å². The number of benzene rings is 7. The smallest absolute Gasteiger partial charge is 0.164 e. The molecule has 0 spiro atoms. The summed E-state index contributed by atoms with van der Waals surface area (Å²) in [7, 11) is 0. The van der Waals surface area contributed by atoms with Crippen LogP contribution in [0.3, 0.4) is 0 Å². The fourth-order valence-electron chi connectivity index (χ4n) is 6.90. The maximum Gasteiger partial charge on any atom is 0.164 e. The van der Waals surface area contributed by atoms with Gasteiger partial charge >= 0.3 is 0 Å². The number of thiophene rings is 1. The second-order valence-corrected chi connectivity index (χ2v) is 13.5. The molecule has 10 aromatic rings. The first-order valence-corrected chi connectivity index (χ1v) is 17.4. The molecule has 10 rings (SSSR count). The summed E-state index contributed by atoms with van der Waals surface area (Å²) in [6, 6.07) is 56.9. The molecule has 0 unspecified atom stereocenters. The average Bonchev–Trinajstić information content (AvgIpc) is 3.76. The zero-order chi connectivity index (χ0) is 33.0. The van der Waals surface area contributed by atoms with Crippen molar-refractivity contribution < 1.29 is 4.42 Å². The summed E-state index contributed by atoms with van der Waals surface area (Å²) >= 11 is 1.84. The van der Waals surface area contributed by atoms with Crippen LogP contribution >= 0.6 is 11.3 Å². The zero-order valence-corrected chi connectivity index (χ0v) is 27.6. The summed E-state index contributed by atoms with van der Waals surface area (Å²) in [6.45, 7) is 0. The van der Waals surface area contributed by atoms with Gasteiger partial charge in [-0.2, -0.15) is 0 Å². The standard InChI is InChI=1S/C45H27N3OS/c1-2-11-28(12-3-1)29-13-8-15-31(25-29)43-46-44(48-45(47-43)33-23-24-36-35-17-4-6-21-39(35)49-40(36)27-33)32-16-9-14-30(26-32)34-19-10-20-38-37-18-5-7-22-41(37)50-42(34)38/h1-27H. The van der Waals surface area contributed by atoms with Crippen molar-refractivity contribution >= 4 is 53.4 Å². The molecule has 0 radical (unpaired) electrons. The van der Waals surface area contributed by atoms with Crippen molar-refractivity contribution in [1.82, 2.24) is 15.0 Å². The number of hydrogen-bond acceptors (Lipinski definition) is 5. The maximum absolute atomic E-state index is 6.26. The summed E-state index contributed by atoms with van der Waals surface area (Å²) < 4.78 is 8.83. The van der Waals surface area contributed by atoms with Crippen LogP contribution in [0.4, 0.5) is 0 Å². The van der Waals surface area contributed by atoms with E-state index in [0.29, 0.717) is 17.5 Å². The van der Waals surface area contributed by atoms with E-state index in [1.54, 1.807) is 0 Å². The first-order chi connectivity index (χ1) is 24.7. The number of para-hydroxylation sites is 1. The number of fused-ring (bicyclic) bond motifs is 6. The van der Waals surface area contributed by atoms with Crippen LogP contribution in [0.1, 0.15) is 0 Å². The highest BCUT2D eigenvalue weighted by molar-refractivity contribution is 7.26. The summed E-state index contributed by atoms with van der Waals surface area (Å²) in [4.78, 5) is 15.3. The molecule has 0 saturated heterocycles. The Morgan fingerprint density at radius 2 is 0.920 bits per heavy atom. The summed E-state index contributed by atoms with van der Waals surface area (Å²) in [5.74, 6) is 1.82. The SMILES string of the molecule is c1ccc(-c2cccc(-c3nc(-c4cccc(-c5cccc6c5sc5ccccc56)c4)nc(-c4ccc5c(c4)oc4ccccc45)n3)c2)cc1. The Balaban J connectivity index is 1.14. The molecule has 0 aliphatic heterocycles. The molecular formula is C45H27N3OS. The number of hydrogen-bond donors (Lipinski definition) is 0. The minimum atomic E-state index is 0.592. The zero-order valence-electron chi connectivity index (χ0n) is 26.7. The van der Waals surface area contributed by atoms with Gasteiger partial charge in [-0.1, -0.05) is 127 Å². The van der Waals surface area contributed by atoms with E-state index in [9.17, 15) is 0 Å². The van der Waals surface area contributed by atoms with E-state index in [0.717, 1.165) is 55.3 Å². The van der Waals surface area contributed by atoms with Gasteiger partial charge in [-0.3, -0.25) is 0 Å². The van der Waals surface area contributed by atoms with Crippen molar-refractivity contribution in [3.05, 3.63) is 164 Å². The van der Waals surface area contributed by atoms with Crippen molar-refractivity contribution in [3.63, 3.8) is 0 Å². The van der Waals surface area contributed by atoms with Crippen LogP contribution in [0.25, 0.3) is 98.5 Å². The summed E-state index contributed by atoms with van der Waals surface area (Å²) in [6.07, 6.45) is 0. The lowest BCUT2D eigenvalue weighted by Crippen LogP contribution is -2.00. The van der Waals surface area contributed by atoms with Crippen LogP contribution < -0.4 is 0 Å². The molecule has 0 atom stereocenters. The molecule has 0 aliphatic carbocycles. The number of furan rings is 1. The predicted octanol–water partition coefficient (Wildman–Crippen LogP) is 12.5. The maximum atomic E-state index is 6.26. The Labute approximate surface area is 292 Å². The van der Waals surface area contributed by atoms with Crippen LogP contribution in [-0.2, 0) is 0 Å². The van der Waals surface area contributed by atoms with Gasteiger partial charge in [0.25, 0.3) is 0 Å². The van der Waals surface area contributed by atoms with Crippen molar-refractivity contribution in [2.24, 2.45) is 0 Å². The normalized spacial score (nSPS) is 11.6. The molecule has 0 aliphatic rings. The molecule has 4 nitrogen and oxygen atoms in total. The first-order valence-electron chi connectivity index (χ1n) is 16.6. The first kappa shape index (κ1) is 28.6. The molecule has 234 valence electrons. The average molecular weight is 658 g/mol. The van der Waals surface area contributed by atoms with Gasteiger partial charge < -0.3 is 4.42 Å². The van der Waals surface area contributed by atoms with Crippen molar-refractivity contribution in [2.45, 2.75) is 0 Å². The molecule has 0 bridgehead atoms. The molecule has 5 heteroatoms. The third-order valence-corrected chi connectivity index (χ3v) is 10.6. The lowest BCUT2D eigenvalue weighted by atomic mass is 10.0. The monoisotopic (exact) mass is 657 g/mol. The quantitative estimate of drug-likeness (QED) is 0.185. The van der Waals surface area contributed by atoms with Crippen LogP contribution in [0.5, 0.6) is 0 Å². The van der Waals surface area contributed by atoms with Crippen LogP contribution in [0, 0.1) is 0 Å².